The van der Waals surface area contributed by atoms with Crippen molar-refractivity contribution in [1.29, 1.82) is 0 Å². The van der Waals surface area contributed by atoms with E-state index in [1.54, 1.807) is 39.0 Å². The molecule has 0 aliphatic rings. The van der Waals surface area contributed by atoms with Crippen molar-refractivity contribution in [1.82, 2.24) is 14.6 Å². The Hall–Kier alpha value is -1.95. The van der Waals surface area contributed by atoms with E-state index in [2.05, 4.69) is 9.71 Å². The molecule has 0 fully saturated rings. The molecule has 9 nitrogen and oxygen atoms in total. The van der Waals surface area contributed by atoms with Gasteiger partial charge in [0.1, 0.15) is 12.1 Å². The number of amides is 1. The lowest BCUT2D eigenvalue weighted by molar-refractivity contribution is -0.138. The van der Waals surface area contributed by atoms with Crippen molar-refractivity contribution in [3.63, 3.8) is 0 Å². The van der Waals surface area contributed by atoms with Crippen LogP contribution >= 0.6 is 22.9 Å². The lowest BCUT2D eigenvalue weighted by atomic mass is 10.2. The van der Waals surface area contributed by atoms with Gasteiger partial charge in [-0.2, -0.15) is 0 Å². The van der Waals surface area contributed by atoms with Crippen LogP contribution in [-0.2, 0) is 19.6 Å². The number of hydrogen-bond acceptors (Lipinski definition) is 7. The summed E-state index contributed by atoms with van der Waals surface area (Å²) in [6.45, 7) is 3.93. The van der Waals surface area contributed by atoms with Crippen molar-refractivity contribution in [3.8, 4) is 0 Å². The number of carboxylic acids is 1. The van der Waals surface area contributed by atoms with Gasteiger partial charge in [-0.05, 0) is 39.0 Å². The largest absolute Gasteiger partial charge is 0.480 e. The van der Waals surface area contributed by atoms with E-state index in [1.807, 2.05) is 0 Å². The molecular formula is C16H20ClN3O6S2. The van der Waals surface area contributed by atoms with Crippen molar-refractivity contribution in [3.05, 3.63) is 23.2 Å². The maximum atomic E-state index is 12.4. The van der Waals surface area contributed by atoms with Crippen LogP contribution in [0.25, 0.3) is 10.2 Å². The number of ether oxygens (including phenoxy) is 1. The smallest absolute Gasteiger partial charge is 0.410 e. The molecule has 1 amide bonds. The second-order valence-corrected chi connectivity index (χ2v) is 10.2. The minimum atomic E-state index is -3.93. The fraction of sp³-hybridized carbons (Fsp3) is 0.438. The van der Waals surface area contributed by atoms with Crippen LogP contribution in [0.2, 0.25) is 5.02 Å². The Morgan fingerprint density at radius 2 is 2.04 bits per heavy atom. The molecule has 0 saturated heterocycles. The second kappa shape index (κ2) is 8.60. The molecule has 0 saturated carbocycles. The quantitative estimate of drug-likeness (QED) is 0.665. The Labute approximate surface area is 171 Å². The Kier molecular flexibility index (Phi) is 6.86. The van der Waals surface area contributed by atoms with Crippen molar-refractivity contribution in [2.45, 2.75) is 30.7 Å². The highest BCUT2D eigenvalue weighted by molar-refractivity contribution is 7.91. The summed E-state index contributed by atoms with van der Waals surface area (Å²) in [6, 6.07) is 4.87. The highest BCUT2D eigenvalue weighted by Gasteiger charge is 2.25. The van der Waals surface area contributed by atoms with E-state index in [9.17, 15) is 18.0 Å². The summed E-state index contributed by atoms with van der Waals surface area (Å²) in [5, 5.41) is 9.41. The van der Waals surface area contributed by atoms with Crippen molar-refractivity contribution in [2.75, 3.05) is 19.6 Å². The summed E-state index contributed by atoms with van der Waals surface area (Å²) in [6.07, 6.45) is -0.844. The zero-order chi connectivity index (χ0) is 21.1. The number of hydrogen-bond donors (Lipinski definition) is 2. The molecule has 0 spiro atoms. The minimum absolute atomic E-state index is 0.146. The number of benzene rings is 1. The minimum Gasteiger partial charge on any atom is -0.480 e. The number of carbonyl (C=O) groups is 2. The van der Waals surface area contributed by atoms with Gasteiger partial charge < -0.3 is 9.84 Å². The third kappa shape index (κ3) is 6.30. The fourth-order valence-corrected chi connectivity index (χ4v) is 4.53. The fourth-order valence-electron chi connectivity index (χ4n) is 2.10. The van der Waals surface area contributed by atoms with Crippen LogP contribution < -0.4 is 4.72 Å². The van der Waals surface area contributed by atoms with E-state index in [0.29, 0.717) is 15.2 Å². The van der Waals surface area contributed by atoms with Gasteiger partial charge in [-0.3, -0.25) is 9.69 Å². The number of sulfonamides is 1. The Morgan fingerprint density at radius 1 is 1.36 bits per heavy atom. The number of aromatic nitrogens is 1. The molecule has 0 atom stereocenters. The number of fused-ring (bicyclic) bond motifs is 1. The number of carbonyl (C=O) groups excluding carboxylic acids is 1. The number of rotatable bonds is 7. The first kappa shape index (κ1) is 22.3. The zero-order valence-corrected chi connectivity index (χ0v) is 17.8. The van der Waals surface area contributed by atoms with Crippen molar-refractivity contribution < 1.29 is 27.9 Å². The highest BCUT2D eigenvalue weighted by Crippen LogP contribution is 2.27. The molecule has 154 valence electrons. The van der Waals surface area contributed by atoms with Gasteiger partial charge in [0, 0.05) is 18.1 Å². The monoisotopic (exact) mass is 449 g/mol. The summed E-state index contributed by atoms with van der Waals surface area (Å²) in [4.78, 5) is 28.1. The predicted molar refractivity (Wildman–Crippen MR) is 105 cm³/mol. The van der Waals surface area contributed by atoms with Crippen LogP contribution in [0.1, 0.15) is 20.8 Å². The van der Waals surface area contributed by atoms with Crippen LogP contribution in [0.15, 0.2) is 22.5 Å². The first-order valence-electron chi connectivity index (χ1n) is 8.13. The predicted octanol–water partition coefficient (Wildman–Crippen LogP) is 2.55. The van der Waals surface area contributed by atoms with Crippen LogP contribution in [0.3, 0.4) is 0 Å². The third-order valence-electron chi connectivity index (χ3n) is 3.21. The SMILES string of the molecule is CC(C)(C)OC(=O)N(CCNS(=O)(=O)c1nc2cc(Cl)ccc2s1)CC(=O)O. The standard InChI is InChI=1S/C16H20ClN3O6S2/c1-16(2,3)26-15(23)20(9-13(21)22)7-6-18-28(24,25)14-19-11-8-10(17)4-5-12(11)27-14/h4-5,8,18H,6-7,9H2,1-3H3,(H,21,22). The van der Waals surface area contributed by atoms with Crippen molar-refractivity contribution >= 4 is 55.2 Å². The maximum Gasteiger partial charge on any atom is 0.410 e. The molecule has 1 heterocycles. The van der Waals surface area contributed by atoms with Crippen LogP contribution in [-0.4, -0.2) is 60.7 Å². The molecule has 28 heavy (non-hydrogen) atoms. The van der Waals surface area contributed by atoms with E-state index in [0.717, 1.165) is 16.2 Å². The molecule has 2 aromatic rings. The number of thiazole rings is 1. The molecule has 0 unspecified atom stereocenters. The third-order valence-corrected chi connectivity index (χ3v) is 6.32. The van der Waals surface area contributed by atoms with Gasteiger partial charge in [0.2, 0.25) is 4.34 Å². The van der Waals surface area contributed by atoms with Gasteiger partial charge in [-0.25, -0.2) is 22.9 Å². The maximum absolute atomic E-state index is 12.4. The average Bonchev–Trinajstić information content (AvgIpc) is 2.95. The number of nitrogens with one attached hydrogen (secondary N) is 1. The van der Waals surface area contributed by atoms with Crippen LogP contribution in [0.5, 0.6) is 0 Å². The van der Waals surface area contributed by atoms with Gasteiger partial charge in [-0.15, -0.1) is 11.3 Å². The van der Waals surface area contributed by atoms with E-state index < -0.39 is 34.2 Å². The Balaban J connectivity index is 2.06. The first-order valence-corrected chi connectivity index (χ1v) is 10.8. The lowest BCUT2D eigenvalue weighted by Gasteiger charge is -2.26. The van der Waals surface area contributed by atoms with Gasteiger partial charge in [0.05, 0.1) is 10.2 Å². The van der Waals surface area contributed by atoms with Gasteiger partial charge in [-0.1, -0.05) is 11.6 Å². The lowest BCUT2D eigenvalue weighted by Crippen LogP contribution is -2.43. The van der Waals surface area contributed by atoms with E-state index in [1.165, 1.54) is 0 Å². The van der Waals surface area contributed by atoms with E-state index in [4.69, 9.17) is 21.4 Å². The van der Waals surface area contributed by atoms with Crippen LogP contribution in [0, 0.1) is 0 Å². The summed E-state index contributed by atoms with van der Waals surface area (Å²) < 4.78 is 32.9. The highest BCUT2D eigenvalue weighted by atomic mass is 35.5. The topological polar surface area (TPSA) is 126 Å². The zero-order valence-electron chi connectivity index (χ0n) is 15.4. The molecule has 2 N–H and O–H groups in total. The number of carboxylic acid groups (broad SMARTS) is 1. The Bertz CT molecular complexity index is 984. The summed E-state index contributed by atoms with van der Waals surface area (Å²) in [7, 11) is -3.93. The molecule has 0 aliphatic heterocycles. The molecule has 1 aromatic carbocycles. The number of aliphatic carboxylic acids is 1. The second-order valence-electron chi connectivity index (χ2n) is 6.79. The molecule has 1 aromatic heterocycles. The summed E-state index contributed by atoms with van der Waals surface area (Å²) in [5.74, 6) is -1.24. The van der Waals surface area contributed by atoms with E-state index >= 15 is 0 Å². The van der Waals surface area contributed by atoms with Gasteiger partial charge in [0.25, 0.3) is 10.0 Å². The van der Waals surface area contributed by atoms with Gasteiger partial charge >= 0.3 is 12.1 Å². The average molecular weight is 450 g/mol. The molecule has 0 radical (unpaired) electrons. The van der Waals surface area contributed by atoms with Crippen molar-refractivity contribution in [2.24, 2.45) is 0 Å². The first-order chi connectivity index (χ1) is 12.9. The Morgan fingerprint density at radius 3 is 2.64 bits per heavy atom. The molecule has 12 heteroatoms. The normalized spacial score (nSPS) is 12.1. The summed E-state index contributed by atoms with van der Waals surface area (Å²) >= 11 is 6.86. The number of halogens is 1. The van der Waals surface area contributed by atoms with E-state index in [-0.39, 0.29) is 17.4 Å². The molecule has 2 rings (SSSR count). The van der Waals surface area contributed by atoms with Crippen LogP contribution in [0.4, 0.5) is 4.79 Å². The summed E-state index contributed by atoms with van der Waals surface area (Å²) in [5.41, 5.74) is -0.352. The number of nitrogens with zero attached hydrogens (tertiary/aromatic N) is 2. The molecule has 0 bridgehead atoms. The van der Waals surface area contributed by atoms with Gasteiger partial charge in [0.15, 0.2) is 0 Å². The molecular weight excluding hydrogens is 430 g/mol. The molecule has 0 aliphatic carbocycles.